The highest BCUT2D eigenvalue weighted by atomic mass is 19.3. The summed E-state index contributed by atoms with van der Waals surface area (Å²) in [6.07, 6.45) is 4.23. The van der Waals surface area contributed by atoms with E-state index >= 15 is 0 Å². The van der Waals surface area contributed by atoms with Gasteiger partial charge in [0.1, 0.15) is 16.9 Å². The molecule has 2 aromatic carbocycles. The lowest BCUT2D eigenvalue weighted by Gasteiger charge is -2.27. The summed E-state index contributed by atoms with van der Waals surface area (Å²) in [5.74, 6) is -2.85. The van der Waals surface area contributed by atoms with Gasteiger partial charge in [-0.3, -0.25) is 9.59 Å². The third-order valence-corrected chi connectivity index (χ3v) is 10.6. The smallest absolute Gasteiger partial charge is 0.352 e. The number of carbonyl (C=O) groups is 2. The van der Waals surface area contributed by atoms with Crippen molar-refractivity contribution in [2.24, 2.45) is 24.6 Å². The fraction of sp³-hybridized carbons (Fsp3) is 0.371. The number of likely N-dealkylation sites (tertiary alicyclic amines) is 1. The number of piperidine rings is 1. The Bertz CT molecular complexity index is 2170. The third-order valence-electron chi connectivity index (χ3n) is 10.6. The molecule has 10 nitrogen and oxygen atoms in total. The van der Waals surface area contributed by atoms with E-state index in [0.29, 0.717) is 52.3 Å². The number of aromatic nitrogens is 4. The predicted molar refractivity (Wildman–Crippen MR) is 172 cm³/mol. The topological polar surface area (TPSA) is 120 Å². The first-order valence-electron chi connectivity index (χ1n) is 16.1. The highest BCUT2D eigenvalue weighted by molar-refractivity contribution is 6.04. The van der Waals surface area contributed by atoms with Gasteiger partial charge in [0, 0.05) is 48.7 Å². The quantitative estimate of drug-likeness (QED) is 0.262. The molecule has 47 heavy (non-hydrogen) atoms. The van der Waals surface area contributed by atoms with E-state index in [4.69, 9.17) is 20.4 Å². The van der Waals surface area contributed by atoms with E-state index in [1.165, 1.54) is 12.1 Å². The normalized spacial score (nSPS) is 22.8. The lowest BCUT2D eigenvalue weighted by atomic mass is 10.0. The number of amides is 2. The molecular formula is C35H33F2N7O3. The zero-order chi connectivity index (χ0) is 32.4. The van der Waals surface area contributed by atoms with Gasteiger partial charge in [0.25, 0.3) is 11.8 Å². The Balaban J connectivity index is 1.14. The van der Waals surface area contributed by atoms with E-state index in [-0.39, 0.29) is 29.2 Å². The van der Waals surface area contributed by atoms with E-state index in [1.54, 1.807) is 19.2 Å². The molecule has 3 fully saturated rings. The number of hydrogen-bond acceptors (Lipinski definition) is 6. The van der Waals surface area contributed by atoms with Gasteiger partial charge in [-0.05, 0) is 80.0 Å². The van der Waals surface area contributed by atoms with Crippen LogP contribution in [0.2, 0.25) is 0 Å². The minimum Gasteiger partial charge on any atom is -0.494 e. The summed E-state index contributed by atoms with van der Waals surface area (Å²) < 4.78 is 39.1. The summed E-state index contributed by atoms with van der Waals surface area (Å²) in [5, 5.41) is 3.15. The van der Waals surface area contributed by atoms with Crippen molar-refractivity contribution in [2.75, 3.05) is 19.0 Å². The number of alkyl halides is 2. The fourth-order valence-electron chi connectivity index (χ4n) is 7.88. The number of ether oxygens (including phenoxy) is 1. The Labute approximate surface area is 268 Å². The van der Waals surface area contributed by atoms with Crippen molar-refractivity contribution in [3.63, 3.8) is 0 Å². The molecule has 1 saturated heterocycles. The summed E-state index contributed by atoms with van der Waals surface area (Å²) in [6, 6.07) is 14.1. The van der Waals surface area contributed by atoms with Gasteiger partial charge in [-0.1, -0.05) is 6.07 Å². The van der Waals surface area contributed by atoms with Gasteiger partial charge in [0.05, 0.1) is 35.3 Å². The number of benzene rings is 2. The molecule has 9 rings (SSSR count). The van der Waals surface area contributed by atoms with Gasteiger partial charge in [-0.25, -0.2) is 9.97 Å². The summed E-state index contributed by atoms with van der Waals surface area (Å²) in [4.78, 5) is 37.5. The zero-order valence-electron chi connectivity index (χ0n) is 26.0. The molecule has 4 aliphatic rings. The van der Waals surface area contributed by atoms with Crippen molar-refractivity contribution in [3.05, 3.63) is 59.7 Å². The third kappa shape index (κ3) is 4.16. The van der Waals surface area contributed by atoms with Gasteiger partial charge in [-0.15, -0.1) is 0 Å². The molecule has 5 heterocycles. The van der Waals surface area contributed by atoms with Crippen LogP contribution in [0.5, 0.6) is 5.75 Å². The molecule has 2 aliphatic carbocycles. The number of nitrogens with zero attached hydrogens (tertiary/aromatic N) is 5. The Morgan fingerprint density at radius 1 is 1.09 bits per heavy atom. The van der Waals surface area contributed by atoms with Crippen molar-refractivity contribution in [1.29, 1.82) is 0 Å². The first kappa shape index (κ1) is 28.4. The number of pyridine rings is 1. The van der Waals surface area contributed by atoms with Gasteiger partial charge >= 0.3 is 5.92 Å². The number of anilines is 1. The monoisotopic (exact) mass is 637 g/mol. The molecule has 240 valence electrons. The average Bonchev–Trinajstić information content (AvgIpc) is 3.33. The number of imidazole rings is 1. The Morgan fingerprint density at radius 2 is 1.91 bits per heavy atom. The molecule has 2 amide bonds. The number of methoxy groups -OCH3 is 1. The highest BCUT2D eigenvalue weighted by Gasteiger charge is 2.49. The maximum atomic E-state index is 14.6. The van der Waals surface area contributed by atoms with Crippen LogP contribution in [0.1, 0.15) is 41.6 Å². The molecule has 2 aliphatic heterocycles. The predicted octanol–water partition coefficient (Wildman–Crippen LogP) is 5.28. The van der Waals surface area contributed by atoms with Crippen LogP contribution in [0, 0.1) is 11.8 Å². The van der Waals surface area contributed by atoms with E-state index in [9.17, 15) is 18.4 Å². The Hall–Kier alpha value is -4.84. The second-order valence-corrected chi connectivity index (χ2v) is 13.5. The number of nitrogens with two attached hydrogens (primary N) is 1. The second kappa shape index (κ2) is 9.83. The summed E-state index contributed by atoms with van der Waals surface area (Å²) in [6.45, 7) is 1.41. The molecular weight excluding hydrogens is 604 g/mol. The van der Waals surface area contributed by atoms with Crippen LogP contribution in [-0.4, -0.2) is 61.6 Å². The van der Waals surface area contributed by atoms with Crippen LogP contribution in [0.4, 0.5) is 14.5 Å². The highest BCUT2D eigenvalue weighted by Crippen LogP contribution is 2.43. The largest absolute Gasteiger partial charge is 0.494 e. The summed E-state index contributed by atoms with van der Waals surface area (Å²) in [7, 11) is 3.53. The molecule has 2 saturated carbocycles. The number of hydrogen-bond donors (Lipinski definition) is 2. The fourth-order valence-corrected chi connectivity index (χ4v) is 7.88. The molecule has 0 radical (unpaired) electrons. The number of nitrogens with one attached hydrogen (secondary N) is 1. The Kier molecular flexibility index (Phi) is 5.94. The lowest BCUT2D eigenvalue weighted by molar-refractivity contribution is -0.139. The first-order chi connectivity index (χ1) is 22.6. The van der Waals surface area contributed by atoms with Gasteiger partial charge in [-0.2, -0.15) is 8.78 Å². The number of aryl methyl sites for hydroxylation is 1. The standard InChI is InChI=1S/C35H33F2N7O3/c1-42-30-25(12-21(14-28(30)47-2)33(45)44-16-20-7-10-26(44)29(20)38)40-32(42)27-13-19-6-8-23(39-31(19)43(27)15-17-3-4-17)18-5-9-24-22(11-18)35(36,37)34(46)41-24/h5-6,8-9,11-14,17,20,26,29H,3-4,7,10,15-16,38H2,1-2H3,(H,41,46)/t20?,26?,29-/m1/s1. The van der Waals surface area contributed by atoms with Gasteiger partial charge in [0.2, 0.25) is 0 Å². The van der Waals surface area contributed by atoms with Crippen LogP contribution in [-0.2, 0) is 24.3 Å². The maximum Gasteiger partial charge on any atom is 0.352 e. The lowest BCUT2D eigenvalue weighted by Crippen LogP contribution is -2.41. The van der Waals surface area contributed by atoms with Crippen LogP contribution >= 0.6 is 0 Å². The Morgan fingerprint density at radius 3 is 2.64 bits per heavy atom. The first-order valence-corrected chi connectivity index (χ1v) is 16.1. The number of carbonyl (C=O) groups excluding carboxylic acids is 2. The molecule has 5 aromatic rings. The summed E-state index contributed by atoms with van der Waals surface area (Å²) in [5.41, 5.74) is 10.7. The van der Waals surface area contributed by atoms with Crippen LogP contribution in [0.3, 0.4) is 0 Å². The molecule has 0 spiro atoms. The van der Waals surface area contributed by atoms with Crippen LogP contribution < -0.4 is 15.8 Å². The van der Waals surface area contributed by atoms with Gasteiger partial charge < -0.3 is 29.8 Å². The van der Waals surface area contributed by atoms with Crippen molar-refractivity contribution >= 4 is 39.6 Å². The van der Waals surface area contributed by atoms with E-state index in [1.807, 2.05) is 34.7 Å². The van der Waals surface area contributed by atoms with E-state index in [2.05, 4.69) is 16.0 Å². The molecule has 3 atom stereocenters. The summed E-state index contributed by atoms with van der Waals surface area (Å²) >= 11 is 0. The molecule has 3 N–H and O–H groups in total. The molecule has 3 aromatic heterocycles. The molecule has 12 heteroatoms. The van der Waals surface area contributed by atoms with Crippen molar-refractivity contribution in [2.45, 2.75) is 50.2 Å². The molecule has 2 bridgehead atoms. The molecule has 2 unspecified atom stereocenters. The minimum absolute atomic E-state index is 0.0263. The average molecular weight is 638 g/mol. The second-order valence-electron chi connectivity index (χ2n) is 13.5. The number of fused-ring (bicyclic) bond motifs is 5. The van der Waals surface area contributed by atoms with Crippen LogP contribution in [0.25, 0.3) is 44.8 Å². The maximum absolute atomic E-state index is 14.6. The van der Waals surface area contributed by atoms with Crippen molar-refractivity contribution in [1.82, 2.24) is 24.0 Å². The number of halogens is 2. The van der Waals surface area contributed by atoms with E-state index < -0.39 is 11.8 Å². The van der Waals surface area contributed by atoms with E-state index in [0.717, 1.165) is 54.5 Å². The van der Waals surface area contributed by atoms with Crippen LogP contribution in [0.15, 0.2) is 48.5 Å². The zero-order valence-corrected chi connectivity index (χ0v) is 26.0. The minimum atomic E-state index is -3.60. The van der Waals surface area contributed by atoms with Gasteiger partial charge in [0.15, 0.2) is 5.82 Å². The van der Waals surface area contributed by atoms with Crippen molar-refractivity contribution in [3.8, 4) is 28.5 Å². The van der Waals surface area contributed by atoms with Crippen molar-refractivity contribution < 1.29 is 23.1 Å². The SMILES string of the molecule is COc1cc(C(=O)N2CC3CCC2[C@@H]3N)cc2nc(-c3cc4ccc(-c5ccc6c(c5)C(F)(F)C(=O)N6)nc4n3CC3CC3)n(C)c12. The number of rotatable bonds is 6.